The smallest absolute Gasteiger partial charge is 0.266 e. The van der Waals surface area contributed by atoms with Crippen LogP contribution in [0.5, 0.6) is 0 Å². The fourth-order valence-electron chi connectivity index (χ4n) is 1.63. The van der Waals surface area contributed by atoms with E-state index in [-0.39, 0.29) is 31.9 Å². The number of nitriles is 1. The van der Waals surface area contributed by atoms with Crippen molar-refractivity contribution < 1.29 is 15.0 Å². The Morgan fingerprint density at radius 1 is 1.38 bits per heavy atom. The van der Waals surface area contributed by atoms with E-state index in [4.69, 9.17) is 15.5 Å². The van der Waals surface area contributed by atoms with Crippen LogP contribution in [-0.2, 0) is 11.3 Å². The summed E-state index contributed by atoms with van der Waals surface area (Å²) in [5, 5.41) is 29.7. The summed E-state index contributed by atoms with van der Waals surface area (Å²) in [5.41, 5.74) is 0.689. The average Bonchev–Trinajstić information content (AvgIpc) is 2.52. The summed E-state index contributed by atoms with van der Waals surface area (Å²) in [6.07, 6.45) is 2.97. The second-order valence-electron chi connectivity index (χ2n) is 4.11. The minimum Gasteiger partial charge on any atom is -0.395 e. The van der Waals surface area contributed by atoms with Gasteiger partial charge in [0.05, 0.1) is 25.5 Å². The topological polar surface area (TPSA) is 109 Å². The minimum absolute atomic E-state index is 0.0681. The van der Waals surface area contributed by atoms with Crippen LogP contribution in [0, 0.1) is 11.3 Å². The molecule has 1 aromatic heterocycles. The van der Waals surface area contributed by atoms with Gasteiger partial charge in [-0.3, -0.25) is 9.78 Å². The lowest BCUT2D eigenvalue weighted by Crippen LogP contribution is -2.37. The Bertz CT molecular complexity index is 505. The van der Waals surface area contributed by atoms with E-state index in [9.17, 15) is 4.79 Å². The van der Waals surface area contributed by atoms with Crippen LogP contribution in [0.25, 0.3) is 0 Å². The molecule has 0 saturated carbocycles. The van der Waals surface area contributed by atoms with Gasteiger partial charge in [0.15, 0.2) is 0 Å². The van der Waals surface area contributed by atoms with E-state index in [1.54, 1.807) is 12.3 Å². The third kappa shape index (κ3) is 5.60. The standard InChI is InChI=1S/C14H18N4O3/c15-9-12(14(21)18(5-7-19)6-8-20)10-16-11-13-3-1-2-4-17-13/h1-4,10,16,19-20H,5-8,11H2/b12-10-. The van der Waals surface area contributed by atoms with Gasteiger partial charge in [-0.2, -0.15) is 5.26 Å². The molecule has 0 aromatic carbocycles. The van der Waals surface area contributed by atoms with E-state index >= 15 is 0 Å². The average molecular weight is 290 g/mol. The Balaban J connectivity index is 2.65. The van der Waals surface area contributed by atoms with Gasteiger partial charge in [0.1, 0.15) is 11.6 Å². The van der Waals surface area contributed by atoms with Crippen molar-refractivity contribution in [3.05, 3.63) is 41.9 Å². The molecule has 1 rings (SSSR count). The van der Waals surface area contributed by atoms with Crippen molar-refractivity contribution in [1.29, 1.82) is 5.26 Å². The molecule has 0 saturated heterocycles. The van der Waals surface area contributed by atoms with E-state index < -0.39 is 5.91 Å². The van der Waals surface area contributed by atoms with Crippen molar-refractivity contribution in [3.63, 3.8) is 0 Å². The molecule has 3 N–H and O–H groups in total. The van der Waals surface area contributed by atoms with Gasteiger partial charge in [0.25, 0.3) is 5.91 Å². The maximum absolute atomic E-state index is 12.1. The van der Waals surface area contributed by atoms with Gasteiger partial charge in [0.2, 0.25) is 0 Å². The van der Waals surface area contributed by atoms with Gasteiger partial charge >= 0.3 is 0 Å². The molecule has 7 nitrogen and oxygen atoms in total. The summed E-state index contributed by atoms with van der Waals surface area (Å²) < 4.78 is 0. The molecule has 1 aromatic rings. The number of hydrogen-bond donors (Lipinski definition) is 3. The van der Waals surface area contributed by atoms with Gasteiger partial charge in [-0.15, -0.1) is 0 Å². The molecule has 0 fully saturated rings. The van der Waals surface area contributed by atoms with Crippen LogP contribution in [0.1, 0.15) is 5.69 Å². The quantitative estimate of drug-likeness (QED) is 0.435. The van der Waals surface area contributed by atoms with Crippen LogP contribution in [0.2, 0.25) is 0 Å². The lowest BCUT2D eigenvalue weighted by atomic mass is 10.2. The molecule has 0 aliphatic heterocycles. The molecule has 0 atom stereocenters. The van der Waals surface area contributed by atoms with Crippen molar-refractivity contribution in [2.24, 2.45) is 0 Å². The molecular formula is C14H18N4O3. The summed E-state index contributed by atoms with van der Waals surface area (Å²) in [6, 6.07) is 7.27. The number of aliphatic hydroxyl groups excluding tert-OH is 2. The molecule has 0 bridgehead atoms. The van der Waals surface area contributed by atoms with Gasteiger partial charge in [-0.25, -0.2) is 0 Å². The maximum atomic E-state index is 12.1. The Morgan fingerprint density at radius 3 is 2.62 bits per heavy atom. The summed E-state index contributed by atoms with van der Waals surface area (Å²) in [5.74, 6) is -0.533. The van der Waals surface area contributed by atoms with E-state index in [0.717, 1.165) is 5.69 Å². The highest BCUT2D eigenvalue weighted by molar-refractivity contribution is 5.97. The molecule has 0 radical (unpaired) electrons. The first-order valence-electron chi connectivity index (χ1n) is 6.47. The first-order valence-corrected chi connectivity index (χ1v) is 6.47. The summed E-state index contributed by atoms with van der Waals surface area (Å²) in [6.45, 7) is 0.0637. The minimum atomic E-state index is -0.533. The molecule has 1 amide bonds. The molecular weight excluding hydrogens is 272 g/mol. The van der Waals surface area contributed by atoms with Crippen molar-refractivity contribution >= 4 is 5.91 Å². The highest BCUT2D eigenvalue weighted by Gasteiger charge is 2.17. The zero-order valence-electron chi connectivity index (χ0n) is 11.6. The lowest BCUT2D eigenvalue weighted by molar-refractivity contribution is -0.127. The second kappa shape index (κ2) is 9.47. The van der Waals surface area contributed by atoms with E-state index in [0.29, 0.717) is 6.54 Å². The van der Waals surface area contributed by atoms with Gasteiger partial charge in [-0.1, -0.05) is 6.07 Å². The van der Waals surface area contributed by atoms with E-state index in [2.05, 4.69) is 10.3 Å². The molecule has 0 aliphatic carbocycles. The van der Waals surface area contributed by atoms with Crippen LogP contribution in [-0.4, -0.2) is 52.3 Å². The molecule has 7 heteroatoms. The highest BCUT2D eigenvalue weighted by atomic mass is 16.3. The number of aliphatic hydroxyl groups is 2. The van der Waals surface area contributed by atoms with Gasteiger partial charge < -0.3 is 20.4 Å². The number of carbonyl (C=O) groups excluding carboxylic acids is 1. The fourth-order valence-corrected chi connectivity index (χ4v) is 1.63. The Hall–Kier alpha value is -2.43. The Labute approximate surface area is 123 Å². The zero-order valence-corrected chi connectivity index (χ0v) is 11.6. The molecule has 1 heterocycles. The van der Waals surface area contributed by atoms with Crippen LogP contribution >= 0.6 is 0 Å². The summed E-state index contributed by atoms with van der Waals surface area (Å²) in [7, 11) is 0. The molecule has 0 aliphatic rings. The first kappa shape index (κ1) is 16.6. The third-order valence-corrected chi connectivity index (χ3v) is 2.63. The number of nitrogens with zero attached hydrogens (tertiary/aromatic N) is 3. The number of hydrogen-bond acceptors (Lipinski definition) is 6. The number of carbonyl (C=O) groups is 1. The van der Waals surface area contributed by atoms with Crippen molar-refractivity contribution in [3.8, 4) is 6.07 Å². The van der Waals surface area contributed by atoms with E-state index in [1.165, 1.54) is 11.1 Å². The maximum Gasteiger partial charge on any atom is 0.266 e. The summed E-state index contributed by atoms with van der Waals surface area (Å²) >= 11 is 0. The SMILES string of the molecule is N#C/C(=C/NCc1ccccn1)C(=O)N(CCO)CCO. The van der Waals surface area contributed by atoms with Crippen LogP contribution in [0.4, 0.5) is 0 Å². The molecule has 0 unspecified atom stereocenters. The summed E-state index contributed by atoms with van der Waals surface area (Å²) in [4.78, 5) is 17.4. The molecule has 21 heavy (non-hydrogen) atoms. The largest absolute Gasteiger partial charge is 0.395 e. The molecule has 0 spiro atoms. The predicted octanol–water partition coefficient (Wildman–Crippen LogP) is -0.608. The second-order valence-corrected chi connectivity index (χ2v) is 4.11. The predicted molar refractivity (Wildman–Crippen MR) is 75.5 cm³/mol. The fraction of sp³-hybridized carbons (Fsp3) is 0.357. The third-order valence-electron chi connectivity index (χ3n) is 2.63. The zero-order chi connectivity index (χ0) is 15.5. The first-order chi connectivity index (χ1) is 10.2. The number of pyridine rings is 1. The normalized spacial score (nSPS) is 10.8. The van der Waals surface area contributed by atoms with Crippen LogP contribution in [0.3, 0.4) is 0 Å². The van der Waals surface area contributed by atoms with Crippen LogP contribution in [0.15, 0.2) is 36.2 Å². The van der Waals surface area contributed by atoms with Gasteiger partial charge in [0, 0.05) is 25.5 Å². The number of rotatable bonds is 8. The van der Waals surface area contributed by atoms with Crippen molar-refractivity contribution in [1.82, 2.24) is 15.2 Å². The van der Waals surface area contributed by atoms with Gasteiger partial charge in [-0.05, 0) is 12.1 Å². The Morgan fingerprint density at radius 2 is 2.10 bits per heavy atom. The van der Waals surface area contributed by atoms with Crippen molar-refractivity contribution in [2.45, 2.75) is 6.54 Å². The number of aromatic nitrogens is 1. The Kier molecular flexibility index (Phi) is 7.50. The number of amides is 1. The van der Waals surface area contributed by atoms with Crippen molar-refractivity contribution in [2.75, 3.05) is 26.3 Å². The monoisotopic (exact) mass is 290 g/mol. The molecule has 112 valence electrons. The van der Waals surface area contributed by atoms with Crippen LogP contribution < -0.4 is 5.32 Å². The van der Waals surface area contributed by atoms with E-state index in [1.807, 2.05) is 18.2 Å². The highest BCUT2D eigenvalue weighted by Crippen LogP contribution is 2.01. The number of nitrogens with one attached hydrogen (secondary N) is 1. The lowest BCUT2D eigenvalue weighted by Gasteiger charge is -2.19.